The molecule has 0 spiro atoms. The van der Waals surface area contributed by atoms with Gasteiger partial charge < -0.3 is 15.2 Å². The van der Waals surface area contributed by atoms with Gasteiger partial charge in [-0.05, 0) is 54.8 Å². The first kappa shape index (κ1) is 28.2. The van der Waals surface area contributed by atoms with Crippen molar-refractivity contribution in [2.75, 3.05) is 11.1 Å². The Kier molecular flexibility index (Phi) is 10.0. The predicted octanol–water partition coefficient (Wildman–Crippen LogP) is 6.70. The Morgan fingerprint density at radius 2 is 1.94 bits per heavy atom. The standard InChI is InChI=1S/C25H26BrCl2N5O2S/c1-5-10-33-23(22(14(2)3)30-24(35)18-8-6-16(27)12-20(18)28)31-32-25(33)36-13-21(34)29-17-7-9-19(26)15(4)11-17/h5-9,11-12,14,22H,1,10,13H2,2-4H3,(H,29,34)(H,30,35)/t22-/m0/s1. The Bertz CT molecular complexity index is 1280. The average molecular weight is 611 g/mol. The topological polar surface area (TPSA) is 88.9 Å². The highest BCUT2D eigenvalue weighted by molar-refractivity contribution is 9.10. The number of rotatable bonds is 10. The molecule has 2 aromatic carbocycles. The van der Waals surface area contributed by atoms with E-state index in [0.717, 1.165) is 15.7 Å². The lowest BCUT2D eigenvalue weighted by atomic mass is 10.0. The Morgan fingerprint density at radius 1 is 1.19 bits per heavy atom. The average Bonchev–Trinajstić information content (AvgIpc) is 3.20. The monoisotopic (exact) mass is 609 g/mol. The summed E-state index contributed by atoms with van der Waals surface area (Å²) in [6.45, 7) is 10.2. The third-order valence-electron chi connectivity index (χ3n) is 5.24. The summed E-state index contributed by atoms with van der Waals surface area (Å²) in [5.41, 5.74) is 2.06. The fourth-order valence-corrected chi connectivity index (χ4v) is 4.90. The molecule has 1 heterocycles. The molecule has 1 aromatic heterocycles. The number of aromatic nitrogens is 3. The first-order valence-corrected chi connectivity index (χ1v) is 13.6. The zero-order chi connectivity index (χ0) is 26.4. The molecular formula is C25H26BrCl2N5O2S. The molecule has 0 aliphatic rings. The highest BCUT2D eigenvalue weighted by Crippen LogP contribution is 2.27. The number of aryl methyl sites for hydroxylation is 1. The summed E-state index contributed by atoms with van der Waals surface area (Å²) in [5.74, 6) is 0.192. The molecule has 0 aliphatic carbocycles. The molecule has 36 heavy (non-hydrogen) atoms. The molecule has 0 saturated heterocycles. The minimum absolute atomic E-state index is 0.00501. The van der Waals surface area contributed by atoms with Gasteiger partial charge in [0.25, 0.3) is 5.91 Å². The minimum Gasteiger partial charge on any atom is -0.342 e. The van der Waals surface area contributed by atoms with Gasteiger partial charge in [-0.3, -0.25) is 9.59 Å². The lowest BCUT2D eigenvalue weighted by Gasteiger charge is -2.23. The van der Waals surface area contributed by atoms with Crippen molar-refractivity contribution in [3.05, 3.63) is 80.5 Å². The second-order valence-electron chi connectivity index (χ2n) is 8.36. The van der Waals surface area contributed by atoms with Gasteiger partial charge in [-0.1, -0.05) is 70.8 Å². The van der Waals surface area contributed by atoms with Crippen molar-refractivity contribution >= 4 is 68.4 Å². The first-order chi connectivity index (χ1) is 17.1. The van der Waals surface area contributed by atoms with Crippen molar-refractivity contribution in [1.82, 2.24) is 20.1 Å². The van der Waals surface area contributed by atoms with Crippen LogP contribution in [0.15, 0.2) is 58.7 Å². The predicted molar refractivity (Wildman–Crippen MR) is 150 cm³/mol. The van der Waals surface area contributed by atoms with Crippen LogP contribution in [0.5, 0.6) is 0 Å². The van der Waals surface area contributed by atoms with Crippen molar-refractivity contribution in [2.24, 2.45) is 5.92 Å². The summed E-state index contributed by atoms with van der Waals surface area (Å²) >= 11 is 16.9. The van der Waals surface area contributed by atoms with Crippen LogP contribution in [-0.2, 0) is 11.3 Å². The summed E-state index contributed by atoms with van der Waals surface area (Å²) in [7, 11) is 0. The van der Waals surface area contributed by atoms with E-state index in [-0.39, 0.29) is 28.5 Å². The van der Waals surface area contributed by atoms with E-state index in [2.05, 4.69) is 43.3 Å². The summed E-state index contributed by atoms with van der Waals surface area (Å²) < 4.78 is 2.83. The van der Waals surface area contributed by atoms with Crippen molar-refractivity contribution < 1.29 is 9.59 Å². The van der Waals surface area contributed by atoms with Crippen molar-refractivity contribution in [3.8, 4) is 0 Å². The molecule has 0 bridgehead atoms. The fraction of sp³-hybridized carbons (Fsp3) is 0.280. The van der Waals surface area contributed by atoms with Crippen LogP contribution in [0.4, 0.5) is 5.69 Å². The maximum atomic E-state index is 13.0. The summed E-state index contributed by atoms with van der Waals surface area (Å²) in [4.78, 5) is 25.6. The molecular weight excluding hydrogens is 585 g/mol. The Balaban J connectivity index is 1.76. The number of carbonyl (C=O) groups is 2. The van der Waals surface area contributed by atoms with Gasteiger partial charge >= 0.3 is 0 Å². The number of hydrogen-bond acceptors (Lipinski definition) is 5. The number of carbonyl (C=O) groups excluding carboxylic acids is 2. The maximum absolute atomic E-state index is 13.0. The fourth-order valence-electron chi connectivity index (χ4n) is 3.41. The SMILES string of the molecule is C=CCn1c(SCC(=O)Nc2ccc(Br)c(C)c2)nnc1[C@@H](NC(=O)c1ccc(Cl)cc1Cl)C(C)C. The van der Waals surface area contributed by atoms with Crippen molar-refractivity contribution in [1.29, 1.82) is 0 Å². The number of halogens is 3. The molecule has 2 amide bonds. The number of nitrogens with zero attached hydrogens (tertiary/aromatic N) is 3. The normalized spacial score (nSPS) is 11.9. The van der Waals surface area contributed by atoms with Gasteiger partial charge in [0.15, 0.2) is 11.0 Å². The zero-order valence-electron chi connectivity index (χ0n) is 20.0. The molecule has 3 rings (SSSR count). The molecule has 11 heteroatoms. The Labute approximate surface area is 233 Å². The quantitative estimate of drug-likeness (QED) is 0.197. The molecule has 0 fully saturated rings. The number of amides is 2. The second-order valence-corrected chi connectivity index (χ2v) is 11.0. The van der Waals surface area contributed by atoms with Gasteiger partial charge in [0.1, 0.15) is 0 Å². The smallest absolute Gasteiger partial charge is 0.253 e. The van der Waals surface area contributed by atoms with E-state index in [1.54, 1.807) is 18.2 Å². The van der Waals surface area contributed by atoms with E-state index in [1.165, 1.54) is 17.8 Å². The number of allylic oxidation sites excluding steroid dienone is 1. The van der Waals surface area contributed by atoms with E-state index in [9.17, 15) is 9.59 Å². The molecule has 2 N–H and O–H groups in total. The van der Waals surface area contributed by atoms with Crippen LogP contribution in [-0.4, -0.2) is 32.3 Å². The van der Waals surface area contributed by atoms with Crippen LogP contribution < -0.4 is 10.6 Å². The third kappa shape index (κ3) is 7.12. The highest BCUT2D eigenvalue weighted by Gasteiger charge is 2.27. The number of nitrogens with one attached hydrogen (secondary N) is 2. The lowest BCUT2D eigenvalue weighted by molar-refractivity contribution is -0.113. The number of anilines is 1. The molecule has 0 aliphatic heterocycles. The van der Waals surface area contributed by atoms with E-state index >= 15 is 0 Å². The molecule has 3 aromatic rings. The molecule has 0 unspecified atom stereocenters. The molecule has 190 valence electrons. The third-order valence-corrected chi connectivity index (χ3v) is 7.64. The van der Waals surface area contributed by atoms with Gasteiger partial charge in [-0.15, -0.1) is 16.8 Å². The van der Waals surface area contributed by atoms with Crippen LogP contribution in [0.3, 0.4) is 0 Å². The van der Waals surface area contributed by atoms with Crippen LogP contribution in [0, 0.1) is 12.8 Å². The lowest BCUT2D eigenvalue weighted by Crippen LogP contribution is -2.34. The zero-order valence-corrected chi connectivity index (χ0v) is 23.9. The van der Waals surface area contributed by atoms with Crippen LogP contribution >= 0.6 is 50.9 Å². The second kappa shape index (κ2) is 12.8. The largest absolute Gasteiger partial charge is 0.342 e. The van der Waals surface area contributed by atoms with Gasteiger partial charge in [0.05, 0.1) is 22.4 Å². The minimum atomic E-state index is -0.453. The summed E-state index contributed by atoms with van der Waals surface area (Å²) in [6, 6.07) is 9.89. The molecule has 7 nitrogen and oxygen atoms in total. The number of thioether (sulfide) groups is 1. The van der Waals surface area contributed by atoms with Crippen LogP contribution in [0.1, 0.15) is 41.6 Å². The van der Waals surface area contributed by atoms with E-state index < -0.39 is 6.04 Å². The van der Waals surface area contributed by atoms with Gasteiger partial charge in [0, 0.05) is 21.7 Å². The molecule has 0 saturated carbocycles. The van der Waals surface area contributed by atoms with Crippen LogP contribution in [0.2, 0.25) is 10.0 Å². The van der Waals surface area contributed by atoms with E-state index in [0.29, 0.717) is 28.1 Å². The first-order valence-electron chi connectivity index (χ1n) is 11.1. The highest BCUT2D eigenvalue weighted by atomic mass is 79.9. The maximum Gasteiger partial charge on any atom is 0.253 e. The number of hydrogen-bond donors (Lipinski definition) is 2. The van der Waals surface area contributed by atoms with Crippen LogP contribution in [0.25, 0.3) is 0 Å². The van der Waals surface area contributed by atoms with Crippen molar-refractivity contribution in [2.45, 2.75) is 38.5 Å². The van der Waals surface area contributed by atoms with Gasteiger partial charge in [-0.25, -0.2) is 0 Å². The van der Waals surface area contributed by atoms with Gasteiger partial charge in [-0.2, -0.15) is 0 Å². The Hall–Kier alpha value is -2.33. The van der Waals surface area contributed by atoms with Crippen molar-refractivity contribution in [3.63, 3.8) is 0 Å². The van der Waals surface area contributed by atoms with E-state index in [4.69, 9.17) is 23.2 Å². The Morgan fingerprint density at radius 3 is 2.58 bits per heavy atom. The number of benzene rings is 2. The summed E-state index contributed by atoms with van der Waals surface area (Å²) in [6.07, 6.45) is 1.72. The van der Waals surface area contributed by atoms with Gasteiger partial charge in [0.2, 0.25) is 5.91 Å². The molecule has 1 atom stereocenters. The summed E-state index contributed by atoms with van der Waals surface area (Å²) in [5, 5.41) is 15.8. The van der Waals surface area contributed by atoms with E-state index in [1.807, 2.05) is 43.5 Å². The molecule has 0 radical (unpaired) electrons.